The molecule has 1 atom stereocenters. The lowest BCUT2D eigenvalue weighted by molar-refractivity contribution is -0.870. The van der Waals surface area contributed by atoms with Gasteiger partial charge < -0.3 is 18.5 Å². The van der Waals surface area contributed by atoms with Crippen molar-refractivity contribution >= 4 is 20.0 Å². The third-order valence-electron chi connectivity index (χ3n) is 7.25. The summed E-state index contributed by atoms with van der Waals surface area (Å²) in [5, 5.41) is 0. The van der Waals surface area contributed by atoms with Gasteiger partial charge in [0.1, 0.15) is 0 Å². The van der Waals surface area contributed by atoms with Crippen molar-refractivity contribution in [2.45, 2.75) is 141 Å². The van der Waals surface area contributed by atoms with Crippen LogP contribution >= 0.6 is 0 Å². The van der Waals surface area contributed by atoms with Crippen LogP contribution in [0.15, 0.2) is 0 Å². The third-order valence-corrected chi connectivity index (χ3v) is 9.04. The van der Waals surface area contributed by atoms with E-state index in [0.717, 1.165) is 43.1 Å². The fraction of sp³-hybridized carbons (Fsp3) is 1.00. The van der Waals surface area contributed by atoms with Gasteiger partial charge in [0.05, 0.1) is 62.0 Å². The molecule has 0 amide bonds. The van der Waals surface area contributed by atoms with Gasteiger partial charge in [-0.3, -0.25) is 0 Å². The highest BCUT2D eigenvalue weighted by atomic mass is 32.2. The van der Waals surface area contributed by atoms with Crippen LogP contribution in [0.3, 0.4) is 0 Å². The summed E-state index contributed by atoms with van der Waals surface area (Å²) in [5.41, 5.74) is 0. The molecule has 8 nitrogen and oxygen atoms in total. The number of ether oxygens (including phenoxy) is 2. The zero-order valence-corrected chi connectivity index (χ0v) is 30.0. The minimum absolute atomic E-state index is 0.0708. The highest BCUT2D eigenvalue weighted by molar-refractivity contribution is 7.91. The maximum atomic E-state index is 12.4. The van der Waals surface area contributed by atoms with E-state index in [9.17, 15) is 8.42 Å². The van der Waals surface area contributed by atoms with Crippen LogP contribution in [0.2, 0.25) is 0 Å². The Morgan fingerprint density at radius 1 is 0.643 bits per heavy atom. The number of rotatable bonds is 29. The van der Waals surface area contributed by atoms with Gasteiger partial charge in [-0.2, -0.15) is 0 Å². The Kier molecular flexibility index (Phi) is 29.5. The minimum Gasteiger partial charge on any atom is -0.748 e. The zero-order chi connectivity index (χ0) is 32.2. The van der Waals surface area contributed by atoms with Gasteiger partial charge in [-0.25, -0.2) is 16.8 Å². The number of quaternary nitrogens is 1. The van der Waals surface area contributed by atoms with Gasteiger partial charge in [-0.15, -0.1) is 0 Å². The van der Waals surface area contributed by atoms with Crippen molar-refractivity contribution in [3.05, 3.63) is 0 Å². The summed E-state index contributed by atoms with van der Waals surface area (Å²) in [6.07, 6.45) is 26.0. The molecule has 0 aromatic carbocycles. The number of sulfone groups is 1. The molecule has 0 saturated carbocycles. The van der Waals surface area contributed by atoms with E-state index in [1.54, 1.807) is 7.11 Å². The fourth-order valence-electron chi connectivity index (χ4n) is 4.78. The molecule has 42 heavy (non-hydrogen) atoms. The van der Waals surface area contributed by atoms with Crippen LogP contribution < -0.4 is 0 Å². The lowest BCUT2D eigenvalue weighted by atomic mass is 10.0. The summed E-state index contributed by atoms with van der Waals surface area (Å²) in [6, 6.07) is 0. The fourth-order valence-corrected chi connectivity index (χ4v) is 6.39. The van der Waals surface area contributed by atoms with E-state index in [0.29, 0.717) is 19.5 Å². The number of hydrogen-bond acceptors (Lipinski definition) is 7. The van der Waals surface area contributed by atoms with Gasteiger partial charge in [0.15, 0.2) is 9.84 Å². The monoisotopic (exact) mass is 643 g/mol. The van der Waals surface area contributed by atoms with Crippen LogP contribution in [-0.4, -0.2) is 97.7 Å². The van der Waals surface area contributed by atoms with Gasteiger partial charge in [0, 0.05) is 20.0 Å². The van der Waals surface area contributed by atoms with Gasteiger partial charge >= 0.3 is 0 Å². The summed E-state index contributed by atoms with van der Waals surface area (Å²) in [4.78, 5) is 0. The molecule has 0 N–H and O–H groups in total. The first-order valence-corrected chi connectivity index (χ1v) is 20.4. The van der Waals surface area contributed by atoms with Crippen molar-refractivity contribution in [3.63, 3.8) is 0 Å². The Bertz CT molecular complexity index is 773. The van der Waals surface area contributed by atoms with E-state index in [1.165, 1.54) is 96.3 Å². The average molecular weight is 644 g/mol. The van der Waals surface area contributed by atoms with E-state index in [4.69, 9.17) is 22.4 Å². The molecule has 0 aromatic heterocycles. The van der Waals surface area contributed by atoms with E-state index >= 15 is 0 Å². The molecule has 0 bridgehead atoms. The number of methoxy groups -OCH3 is 1. The lowest BCUT2D eigenvalue weighted by Crippen LogP contribution is -2.35. The molecule has 0 aliphatic rings. The lowest BCUT2D eigenvalue weighted by Gasteiger charge is -2.23. The van der Waals surface area contributed by atoms with Gasteiger partial charge in [0.25, 0.3) is 0 Å². The van der Waals surface area contributed by atoms with Gasteiger partial charge in [-0.1, -0.05) is 110 Å². The smallest absolute Gasteiger partial charge is 0.152 e. The second-order valence-electron chi connectivity index (χ2n) is 13.0. The molecule has 0 aliphatic heterocycles. The normalized spacial score (nSPS) is 13.1. The maximum absolute atomic E-state index is 12.4. The molecular formula is C32H69NO7S2. The molecule has 1 unspecified atom stereocenters. The highest BCUT2D eigenvalue weighted by Crippen LogP contribution is 2.14. The first-order valence-electron chi connectivity index (χ1n) is 16.7. The quantitative estimate of drug-likeness (QED) is 0.0485. The zero-order valence-electron chi connectivity index (χ0n) is 28.4. The minimum atomic E-state index is -3.92. The molecule has 0 aromatic rings. The third kappa shape index (κ3) is 41.9. The van der Waals surface area contributed by atoms with Crippen molar-refractivity contribution in [2.24, 2.45) is 0 Å². The van der Waals surface area contributed by atoms with Gasteiger partial charge in [-0.05, 0) is 25.7 Å². The first kappa shape index (κ1) is 43.9. The molecule has 0 heterocycles. The molecule has 0 radical (unpaired) electrons. The van der Waals surface area contributed by atoms with Gasteiger partial charge in [0.2, 0.25) is 0 Å². The Balaban J connectivity index is 0. The Labute approximate surface area is 262 Å². The van der Waals surface area contributed by atoms with Crippen molar-refractivity contribution in [1.82, 2.24) is 0 Å². The molecule has 0 saturated heterocycles. The summed E-state index contributed by atoms with van der Waals surface area (Å²) in [5.74, 6) is 0.331. The van der Waals surface area contributed by atoms with Crippen LogP contribution in [0.4, 0.5) is 0 Å². The average Bonchev–Trinajstić information content (AvgIpc) is 2.87. The molecule has 256 valence electrons. The molecule has 0 spiro atoms. The summed E-state index contributed by atoms with van der Waals surface area (Å²) in [6.45, 7) is 4.49. The molecule has 0 fully saturated rings. The largest absolute Gasteiger partial charge is 0.748 e. The van der Waals surface area contributed by atoms with E-state index in [2.05, 4.69) is 28.1 Å². The van der Waals surface area contributed by atoms with Crippen molar-refractivity contribution in [2.75, 3.05) is 65.8 Å². The maximum Gasteiger partial charge on any atom is 0.152 e. The predicted molar refractivity (Wildman–Crippen MR) is 177 cm³/mol. The number of unbranched alkanes of at least 4 members (excludes halogenated alkanes) is 18. The second-order valence-corrected chi connectivity index (χ2v) is 16.6. The van der Waals surface area contributed by atoms with Crippen LogP contribution in [0.25, 0.3) is 0 Å². The molecule has 0 aliphatic carbocycles. The Hall–Kier alpha value is -0.260. The van der Waals surface area contributed by atoms with Crippen LogP contribution in [0.5, 0.6) is 0 Å². The standard InChI is InChI=1S/C31H66NO4S.CH4O3S/c1-6-7-8-9-10-11-12-13-14-15-16-17-18-19-21-24-27-36-29-31(35-5)30-37(33,34)28-25-22-20-23-26-32(2,3)4;1-5(2,3)4/h31H,6-30H2,1-5H3;1H3,(H,2,3,4)/q+1;/p-1. The summed E-state index contributed by atoms with van der Waals surface area (Å²) >= 11 is 0. The van der Waals surface area contributed by atoms with Crippen LogP contribution in [0.1, 0.15) is 135 Å². The SMILES string of the molecule is CCCCCCCCCCCCCCCCCCOCC(CS(=O)(=O)CCCCCC[N+](C)(C)C)OC.CS(=O)(=O)[O-]. The number of nitrogens with zero attached hydrogens (tertiary/aromatic N) is 1. The topological polar surface area (TPSA) is 110 Å². The van der Waals surface area contributed by atoms with E-state index < -0.39 is 20.0 Å². The predicted octanol–water partition coefficient (Wildman–Crippen LogP) is 7.12. The summed E-state index contributed by atoms with van der Waals surface area (Å²) < 4.78 is 64.2. The second kappa shape index (κ2) is 28.2. The van der Waals surface area contributed by atoms with Crippen molar-refractivity contribution in [1.29, 1.82) is 0 Å². The summed E-state index contributed by atoms with van der Waals surface area (Å²) in [7, 11) is 1.16. The van der Waals surface area contributed by atoms with Crippen LogP contribution in [0, 0.1) is 0 Å². The van der Waals surface area contributed by atoms with Crippen molar-refractivity contribution < 1.29 is 35.3 Å². The van der Waals surface area contributed by atoms with E-state index in [1.807, 2.05) is 0 Å². The first-order chi connectivity index (χ1) is 19.7. The molecular weight excluding hydrogens is 574 g/mol. The highest BCUT2D eigenvalue weighted by Gasteiger charge is 2.19. The number of hydrogen-bond donors (Lipinski definition) is 0. The molecule has 0 rings (SSSR count). The van der Waals surface area contributed by atoms with E-state index in [-0.39, 0.29) is 17.6 Å². The Morgan fingerprint density at radius 3 is 1.43 bits per heavy atom. The molecule has 10 heteroatoms. The van der Waals surface area contributed by atoms with Crippen molar-refractivity contribution in [3.8, 4) is 0 Å². The Morgan fingerprint density at radius 2 is 1.02 bits per heavy atom. The van der Waals surface area contributed by atoms with Crippen LogP contribution in [-0.2, 0) is 29.4 Å².